The molecule has 2 aromatic carbocycles. The minimum Gasteiger partial charge on any atom is -0.378 e. The molecular weight excluding hydrogens is 404 g/mol. The van der Waals surface area contributed by atoms with Crippen LogP contribution in [0.25, 0.3) is 6.08 Å². The van der Waals surface area contributed by atoms with Crippen molar-refractivity contribution in [2.24, 2.45) is 0 Å². The number of hydrogen-bond donors (Lipinski definition) is 1. The monoisotopic (exact) mass is 422 g/mol. The summed E-state index contributed by atoms with van der Waals surface area (Å²) in [5, 5.41) is 1.19. The minimum atomic E-state index is -3.62. The third kappa shape index (κ3) is 5.07. The van der Waals surface area contributed by atoms with E-state index in [1.54, 1.807) is 12.1 Å². The molecular formula is C18H19BrN2O3S. The van der Waals surface area contributed by atoms with E-state index in [1.807, 2.05) is 42.5 Å². The highest BCUT2D eigenvalue weighted by atomic mass is 79.9. The number of ether oxygens (including phenoxy) is 1. The normalized spacial score (nSPS) is 15.5. The fourth-order valence-corrected chi connectivity index (χ4v) is 3.83. The SMILES string of the molecule is O=S(=O)(/C=C/c1ccccc1)Nc1cc(Br)ccc1N1CCOCC1. The van der Waals surface area contributed by atoms with Crippen LogP contribution in [0.3, 0.4) is 0 Å². The zero-order valence-electron chi connectivity index (χ0n) is 13.6. The van der Waals surface area contributed by atoms with Crippen molar-refractivity contribution in [3.05, 3.63) is 64.0 Å². The van der Waals surface area contributed by atoms with Crippen molar-refractivity contribution < 1.29 is 13.2 Å². The van der Waals surface area contributed by atoms with E-state index in [-0.39, 0.29) is 0 Å². The van der Waals surface area contributed by atoms with Crippen molar-refractivity contribution in [1.82, 2.24) is 0 Å². The molecule has 1 heterocycles. The molecule has 1 aliphatic rings. The first kappa shape index (κ1) is 18.0. The van der Waals surface area contributed by atoms with Gasteiger partial charge >= 0.3 is 0 Å². The van der Waals surface area contributed by atoms with Gasteiger partial charge in [0.15, 0.2) is 0 Å². The second-order valence-electron chi connectivity index (χ2n) is 5.62. The topological polar surface area (TPSA) is 58.6 Å². The van der Waals surface area contributed by atoms with Crippen molar-refractivity contribution in [3.8, 4) is 0 Å². The molecule has 0 amide bonds. The number of benzene rings is 2. The molecule has 0 radical (unpaired) electrons. The molecule has 0 bridgehead atoms. The molecule has 7 heteroatoms. The van der Waals surface area contributed by atoms with Crippen molar-refractivity contribution in [2.45, 2.75) is 0 Å². The van der Waals surface area contributed by atoms with Crippen LogP contribution in [-0.2, 0) is 14.8 Å². The van der Waals surface area contributed by atoms with Gasteiger partial charge in [0.05, 0.1) is 30.0 Å². The number of nitrogens with one attached hydrogen (secondary N) is 1. The van der Waals surface area contributed by atoms with Gasteiger partial charge < -0.3 is 9.64 Å². The molecule has 25 heavy (non-hydrogen) atoms. The zero-order valence-corrected chi connectivity index (χ0v) is 16.0. The number of sulfonamides is 1. The molecule has 0 spiro atoms. The van der Waals surface area contributed by atoms with Gasteiger partial charge in [0, 0.05) is 17.6 Å². The predicted molar refractivity (Wildman–Crippen MR) is 105 cm³/mol. The van der Waals surface area contributed by atoms with E-state index in [1.165, 1.54) is 5.41 Å². The van der Waals surface area contributed by atoms with Crippen LogP contribution in [0.15, 0.2) is 58.4 Å². The van der Waals surface area contributed by atoms with Crippen molar-refractivity contribution >= 4 is 43.4 Å². The number of morpholine rings is 1. The summed E-state index contributed by atoms with van der Waals surface area (Å²) >= 11 is 3.41. The summed E-state index contributed by atoms with van der Waals surface area (Å²) < 4.78 is 33.8. The summed E-state index contributed by atoms with van der Waals surface area (Å²) in [7, 11) is -3.62. The van der Waals surface area contributed by atoms with E-state index in [0.717, 1.165) is 28.8 Å². The molecule has 1 fully saturated rings. The van der Waals surface area contributed by atoms with Crippen LogP contribution in [-0.4, -0.2) is 34.7 Å². The summed E-state index contributed by atoms with van der Waals surface area (Å²) in [6.07, 6.45) is 1.58. The maximum atomic E-state index is 12.5. The van der Waals surface area contributed by atoms with E-state index < -0.39 is 10.0 Å². The third-order valence-electron chi connectivity index (χ3n) is 3.80. The molecule has 0 aliphatic carbocycles. The third-order valence-corrected chi connectivity index (χ3v) is 5.29. The van der Waals surface area contributed by atoms with E-state index in [0.29, 0.717) is 18.9 Å². The lowest BCUT2D eigenvalue weighted by Gasteiger charge is -2.30. The molecule has 0 saturated carbocycles. The Balaban J connectivity index is 1.83. The quantitative estimate of drug-likeness (QED) is 0.797. The summed E-state index contributed by atoms with van der Waals surface area (Å²) in [6.45, 7) is 2.73. The van der Waals surface area contributed by atoms with Crippen LogP contribution in [0.4, 0.5) is 11.4 Å². The van der Waals surface area contributed by atoms with Crippen molar-refractivity contribution in [1.29, 1.82) is 0 Å². The maximum Gasteiger partial charge on any atom is 0.255 e. The Bertz CT molecular complexity index is 848. The lowest BCUT2D eigenvalue weighted by atomic mass is 10.2. The largest absolute Gasteiger partial charge is 0.378 e. The number of halogens is 1. The van der Waals surface area contributed by atoms with Gasteiger partial charge in [-0.25, -0.2) is 8.42 Å². The van der Waals surface area contributed by atoms with E-state index in [2.05, 4.69) is 25.6 Å². The van der Waals surface area contributed by atoms with Crippen molar-refractivity contribution in [3.63, 3.8) is 0 Å². The molecule has 1 N–H and O–H groups in total. The standard InChI is InChI=1S/C18H19BrN2O3S/c19-16-6-7-18(21-9-11-24-12-10-21)17(14-16)20-25(22,23)13-8-15-4-2-1-3-5-15/h1-8,13-14,20H,9-12H2/b13-8+. The van der Waals surface area contributed by atoms with Crippen molar-refractivity contribution in [2.75, 3.05) is 35.9 Å². The van der Waals surface area contributed by atoms with Gasteiger partial charge in [-0.3, -0.25) is 4.72 Å². The van der Waals surface area contributed by atoms with Gasteiger partial charge in [-0.2, -0.15) is 0 Å². The summed E-state index contributed by atoms with van der Waals surface area (Å²) in [6, 6.07) is 14.9. The second-order valence-corrected chi connectivity index (χ2v) is 8.10. The van der Waals surface area contributed by atoms with Gasteiger partial charge in [-0.05, 0) is 29.8 Å². The summed E-state index contributed by atoms with van der Waals surface area (Å²) in [5.41, 5.74) is 2.23. The average Bonchev–Trinajstić information content (AvgIpc) is 2.62. The summed E-state index contributed by atoms with van der Waals surface area (Å²) in [5.74, 6) is 0. The molecule has 132 valence electrons. The molecule has 1 saturated heterocycles. The van der Waals surface area contributed by atoms with Crippen LogP contribution in [0.2, 0.25) is 0 Å². The first-order chi connectivity index (χ1) is 12.0. The first-order valence-electron chi connectivity index (χ1n) is 7.92. The molecule has 0 aromatic heterocycles. The van der Waals surface area contributed by atoms with E-state index in [9.17, 15) is 8.42 Å². The Kier molecular flexibility index (Phi) is 5.78. The van der Waals surface area contributed by atoms with E-state index >= 15 is 0 Å². The molecule has 3 rings (SSSR count). The highest BCUT2D eigenvalue weighted by molar-refractivity contribution is 9.10. The Labute approximate surface area is 156 Å². The molecule has 0 unspecified atom stereocenters. The van der Waals surface area contributed by atoms with Gasteiger partial charge in [0.1, 0.15) is 0 Å². The average molecular weight is 423 g/mol. The lowest BCUT2D eigenvalue weighted by molar-refractivity contribution is 0.123. The smallest absolute Gasteiger partial charge is 0.255 e. The Hall–Kier alpha value is -1.83. The zero-order chi connectivity index (χ0) is 17.7. The number of rotatable bonds is 5. The lowest BCUT2D eigenvalue weighted by Crippen LogP contribution is -2.36. The van der Waals surface area contributed by atoms with Gasteiger partial charge in [-0.15, -0.1) is 0 Å². The highest BCUT2D eigenvalue weighted by Gasteiger charge is 2.17. The molecule has 1 aliphatic heterocycles. The Morgan fingerprint density at radius 2 is 1.80 bits per heavy atom. The second kappa shape index (κ2) is 8.03. The highest BCUT2D eigenvalue weighted by Crippen LogP contribution is 2.31. The fourth-order valence-electron chi connectivity index (χ4n) is 2.59. The molecule has 0 atom stereocenters. The Morgan fingerprint density at radius 3 is 2.52 bits per heavy atom. The molecule has 5 nitrogen and oxygen atoms in total. The number of anilines is 2. The molecule has 2 aromatic rings. The van der Waals surface area contributed by atoms with Crippen LogP contribution >= 0.6 is 15.9 Å². The van der Waals surface area contributed by atoms with Crippen LogP contribution < -0.4 is 9.62 Å². The summed E-state index contributed by atoms with van der Waals surface area (Å²) in [4.78, 5) is 2.12. The fraction of sp³-hybridized carbons (Fsp3) is 0.222. The van der Waals surface area contributed by atoms with Crippen LogP contribution in [0.1, 0.15) is 5.56 Å². The van der Waals surface area contributed by atoms with Gasteiger partial charge in [0.2, 0.25) is 0 Å². The van der Waals surface area contributed by atoms with Gasteiger partial charge in [-0.1, -0.05) is 46.3 Å². The van der Waals surface area contributed by atoms with Crippen LogP contribution in [0.5, 0.6) is 0 Å². The number of nitrogens with zero attached hydrogens (tertiary/aromatic N) is 1. The van der Waals surface area contributed by atoms with E-state index in [4.69, 9.17) is 4.74 Å². The maximum absolute atomic E-state index is 12.5. The minimum absolute atomic E-state index is 0.550. The predicted octanol–water partition coefficient (Wildman–Crippen LogP) is 3.70. The first-order valence-corrected chi connectivity index (χ1v) is 10.3. The van der Waals surface area contributed by atoms with Gasteiger partial charge in [0.25, 0.3) is 10.0 Å². The number of hydrogen-bond acceptors (Lipinski definition) is 4. The van der Waals surface area contributed by atoms with Crippen LogP contribution in [0, 0.1) is 0 Å². The Morgan fingerprint density at radius 1 is 1.08 bits per heavy atom.